The van der Waals surface area contributed by atoms with Gasteiger partial charge in [0.05, 0.1) is 10.7 Å². The van der Waals surface area contributed by atoms with E-state index in [2.05, 4.69) is 27.9 Å². The van der Waals surface area contributed by atoms with Crippen LogP contribution < -0.4 is 16.4 Å². The Balaban J connectivity index is 2.70. The molecule has 0 saturated heterocycles. The summed E-state index contributed by atoms with van der Waals surface area (Å²) in [5.41, 5.74) is 5.47. The molecule has 17 heavy (non-hydrogen) atoms. The number of hydrogen-bond donors (Lipinski definition) is 3. The first kappa shape index (κ1) is 14.0. The zero-order chi connectivity index (χ0) is 13.0. The van der Waals surface area contributed by atoms with Gasteiger partial charge in [0.2, 0.25) is 5.91 Å². The van der Waals surface area contributed by atoms with Crippen molar-refractivity contribution in [3.05, 3.63) is 26.8 Å². The van der Waals surface area contributed by atoms with Crippen molar-refractivity contribution in [2.45, 2.75) is 13.0 Å². The van der Waals surface area contributed by atoms with Gasteiger partial charge in [0.1, 0.15) is 6.04 Å². The number of urea groups is 1. The van der Waals surface area contributed by atoms with E-state index in [-0.39, 0.29) is 0 Å². The fraction of sp³-hybridized carbons (Fsp3) is 0.200. The molecule has 0 aromatic heterocycles. The molecule has 92 valence electrons. The summed E-state index contributed by atoms with van der Waals surface area (Å²) in [6, 6.07) is 3.90. The summed E-state index contributed by atoms with van der Waals surface area (Å²) >= 11 is 8.13. The van der Waals surface area contributed by atoms with Crippen molar-refractivity contribution < 1.29 is 9.59 Å². The van der Waals surface area contributed by atoms with Gasteiger partial charge in [-0.05, 0) is 47.7 Å². The molecule has 0 bridgehead atoms. The molecule has 0 aliphatic rings. The Morgan fingerprint density at radius 1 is 1.47 bits per heavy atom. The van der Waals surface area contributed by atoms with Gasteiger partial charge >= 0.3 is 6.03 Å². The molecule has 0 aliphatic heterocycles. The van der Waals surface area contributed by atoms with Gasteiger partial charge in [-0.15, -0.1) is 0 Å². The van der Waals surface area contributed by atoms with Crippen molar-refractivity contribution >= 4 is 51.8 Å². The number of hydrogen-bond acceptors (Lipinski definition) is 3. The number of nitrogens with two attached hydrogens (primary N) is 1. The number of carbonyl (C=O) groups is 2. The number of amides is 3. The minimum absolute atomic E-state index is 0.507. The molecule has 0 saturated carbocycles. The molecular formula is C10H11ClIN3O2. The predicted molar refractivity (Wildman–Crippen MR) is 75.0 cm³/mol. The van der Waals surface area contributed by atoms with Gasteiger partial charge in [0, 0.05) is 3.57 Å². The molecule has 0 heterocycles. The van der Waals surface area contributed by atoms with Crippen LogP contribution in [0.15, 0.2) is 18.2 Å². The highest BCUT2D eigenvalue weighted by atomic mass is 127. The number of primary amides is 1. The third kappa shape index (κ3) is 4.39. The second kappa shape index (κ2) is 6.06. The lowest BCUT2D eigenvalue weighted by Gasteiger charge is -2.15. The Morgan fingerprint density at radius 3 is 2.65 bits per heavy atom. The van der Waals surface area contributed by atoms with Crippen LogP contribution in [-0.4, -0.2) is 18.0 Å². The highest BCUT2D eigenvalue weighted by Gasteiger charge is 2.15. The van der Waals surface area contributed by atoms with Gasteiger partial charge in [-0.3, -0.25) is 10.1 Å². The number of rotatable bonds is 3. The maximum absolute atomic E-state index is 11.4. The molecule has 1 unspecified atom stereocenters. The van der Waals surface area contributed by atoms with E-state index in [4.69, 9.17) is 17.3 Å². The van der Waals surface area contributed by atoms with Crippen molar-refractivity contribution in [2.75, 3.05) is 5.32 Å². The van der Waals surface area contributed by atoms with Gasteiger partial charge in [0.15, 0.2) is 0 Å². The van der Waals surface area contributed by atoms with Crippen molar-refractivity contribution in [3.8, 4) is 0 Å². The topological polar surface area (TPSA) is 84.2 Å². The smallest absolute Gasteiger partial charge is 0.318 e. The molecule has 4 N–H and O–H groups in total. The van der Waals surface area contributed by atoms with Crippen LogP contribution in [0.5, 0.6) is 0 Å². The lowest BCUT2D eigenvalue weighted by Crippen LogP contribution is -2.43. The van der Waals surface area contributed by atoms with E-state index in [1.54, 1.807) is 19.1 Å². The molecule has 1 atom stereocenters. The van der Waals surface area contributed by atoms with Crippen LogP contribution in [0.1, 0.15) is 6.92 Å². The van der Waals surface area contributed by atoms with Crippen LogP contribution in [0.2, 0.25) is 5.02 Å². The summed E-state index contributed by atoms with van der Waals surface area (Å²) in [4.78, 5) is 21.9. The van der Waals surface area contributed by atoms with Crippen LogP contribution in [-0.2, 0) is 4.79 Å². The van der Waals surface area contributed by atoms with E-state index in [1.165, 1.54) is 0 Å². The molecule has 7 heteroatoms. The van der Waals surface area contributed by atoms with Gasteiger partial charge < -0.3 is 11.1 Å². The average Bonchev–Trinajstić information content (AvgIpc) is 2.21. The summed E-state index contributed by atoms with van der Waals surface area (Å²) in [6.45, 7) is 1.60. The number of nitrogens with one attached hydrogen (secondary N) is 2. The van der Waals surface area contributed by atoms with Gasteiger partial charge in [0.25, 0.3) is 0 Å². The number of carbonyl (C=O) groups excluding carboxylic acids is 2. The molecule has 0 radical (unpaired) electrons. The predicted octanol–water partition coefficient (Wildman–Crippen LogP) is 1.94. The van der Waals surface area contributed by atoms with Gasteiger partial charge in [-0.2, -0.15) is 0 Å². The van der Waals surface area contributed by atoms with Crippen LogP contribution in [0.25, 0.3) is 0 Å². The zero-order valence-corrected chi connectivity index (χ0v) is 11.9. The van der Waals surface area contributed by atoms with E-state index in [0.717, 1.165) is 3.57 Å². The minimum atomic E-state index is -0.877. The number of imide groups is 1. The summed E-state index contributed by atoms with van der Waals surface area (Å²) in [6.07, 6.45) is 0. The third-order valence-corrected chi connectivity index (χ3v) is 2.93. The summed E-state index contributed by atoms with van der Waals surface area (Å²) in [5.74, 6) is -0.507. The molecule has 5 nitrogen and oxygen atoms in total. The SMILES string of the molecule is CC(Nc1ccc(I)cc1Cl)C(=O)NC(N)=O. The van der Waals surface area contributed by atoms with Crippen molar-refractivity contribution in [2.24, 2.45) is 5.73 Å². The largest absolute Gasteiger partial charge is 0.373 e. The van der Waals surface area contributed by atoms with Crippen LogP contribution in [0.4, 0.5) is 10.5 Å². The van der Waals surface area contributed by atoms with Crippen LogP contribution in [0.3, 0.4) is 0 Å². The normalized spacial score (nSPS) is 11.7. The van der Waals surface area contributed by atoms with Crippen LogP contribution >= 0.6 is 34.2 Å². The van der Waals surface area contributed by atoms with Crippen LogP contribution in [0, 0.1) is 3.57 Å². The molecular weight excluding hydrogens is 356 g/mol. The molecule has 1 aromatic carbocycles. The molecule has 1 rings (SSSR count). The van der Waals surface area contributed by atoms with Crippen molar-refractivity contribution in [1.29, 1.82) is 0 Å². The molecule has 0 spiro atoms. The lowest BCUT2D eigenvalue weighted by atomic mass is 10.2. The van der Waals surface area contributed by atoms with Crippen molar-refractivity contribution in [1.82, 2.24) is 5.32 Å². The van der Waals surface area contributed by atoms with Crippen molar-refractivity contribution in [3.63, 3.8) is 0 Å². The van der Waals surface area contributed by atoms with Gasteiger partial charge in [-0.1, -0.05) is 11.6 Å². The standard InChI is InChI=1S/C10H11ClIN3O2/c1-5(9(16)15-10(13)17)14-8-3-2-6(12)4-7(8)11/h2-5,14H,1H3,(H3,13,15,16,17). The Hall–Kier alpha value is -1.02. The maximum Gasteiger partial charge on any atom is 0.318 e. The quantitative estimate of drug-likeness (QED) is 0.714. The number of anilines is 1. The molecule has 3 amide bonds. The van der Waals surface area contributed by atoms with E-state index >= 15 is 0 Å². The third-order valence-electron chi connectivity index (χ3n) is 1.94. The Labute approximate surface area is 117 Å². The first-order chi connectivity index (χ1) is 7.90. The fourth-order valence-electron chi connectivity index (χ4n) is 1.14. The van der Waals surface area contributed by atoms with Gasteiger partial charge in [-0.25, -0.2) is 4.79 Å². The zero-order valence-electron chi connectivity index (χ0n) is 8.96. The second-order valence-corrected chi connectivity index (χ2v) is 5.00. The van der Waals surface area contributed by atoms with E-state index in [1.807, 2.05) is 11.4 Å². The maximum atomic E-state index is 11.4. The Morgan fingerprint density at radius 2 is 2.12 bits per heavy atom. The number of halogens is 2. The monoisotopic (exact) mass is 367 g/mol. The molecule has 0 fully saturated rings. The first-order valence-corrected chi connectivity index (χ1v) is 6.17. The van der Waals surface area contributed by atoms with E-state index < -0.39 is 18.0 Å². The highest BCUT2D eigenvalue weighted by molar-refractivity contribution is 14.1. The van der Waals surface area contributed by atoms with E-state index in [0.29, 0.717) is 10.7 Å². The Kier molecular flexibility index (Phi) is 5.01. The second-order valence-electron chi connectivity index (χ2n) is 3.34. The minimum Gasteiger partial charge on any atom is -0.373 e. The first-order valence-electron chi connectivity index (χ1n) is 4.72. The summed E-state index contributed by atoms with van der Waals surface area (Å²) < 4.78 is 0.993. The number of benzene rings is 1. The summed E-state index contributed by atoms with van der Waals surface area (Å²) in [5, 5.41) is 5.38. The molecule has 1 aromatic rings. The molecule has 0 aliphatic carbocycles. The lowest BCUT2D eigenvalue weighted by molar-refractivity contribution is -0.120. The average molecular weight is 368 g/mol. The fourth-order valence-corrected chi connectivity index (χ4v) is 2.05. The van der Waals surface area contributed by atoms with E-state index in [9.17, 15) is 9.59 Å². The highest BCUT2D eigenvalue weighted by Crippen LogP contribution is 2.24. The summed E-state index contributed by atoms with van der Waals surface area (Å²) in [7, 11) is 0. The Bertz CT molecular complexity index is 453.